The Balaban J connectivity index is 1.68. The fourth-order valence-corrected chi connectivity index (χ4v) is 3.32. The van der Waals surface area contributed by atoms with E-state index in [1.54, 1.807) is 24.3 Å². The molecule has 0 saturated heterocycles. The summed E-state index contributed by atoms with van der Waals surface area (Å²) in [6, 6.07) is 9.31. The number of hydrogen-bond acceptors (Lipinski definition) is 7. The Hall–Kier alpha value is -3.22. The van der Waals surface area contributed by atoms with Crippen molar-refractivity contribution in [3.63, 3.8) is 0 Å². The summed E-state index contributed by atoms with van der Waals surface area (Å²) in [4.78, 5) is 41.0. The third kappa shape index (κ3) is 5.93. The number of aromatic nitrogens is 3. The molecule has 0 aliphatic heterocycles. The van der Waals surface area contributed by atoms with E-state index in [1.165, 1.54) is 19.5 Å². The third-order valence-electron chi connectivity index (χ3n) is 3.80. The number of carbonyl (C=O) groups is 2. The fraction of sp³-hybridized carbons (Fsp3) is 0.105. The van der Waals surface area contributed by atoms with Crippen LogP contribution in [0.15, 0.2) is 58.8 Å². The zero-order valence-corrected chi connectivity index (χ0v) is 17.7. The molecule has 0 spiro atoms. The molecule has 0 radical (unpaired) electrons. The molecule has 1 aromatic heterocycles. The highest BCUT2D eigenvalue weighted by molar-refractivity contribution is 7.99. The number of nitrogens with zero attached hydrogens (tertiary/aromatic N) is 3. The Labute approximate surface area is 188 Å². The first-order valence-electron chi connectivity index (χ1n) is 8.66. The van der Waals surface area contributed by atoms with E-state index in [0.29, 0.717) is 16.6 Å². The van der Waals surface area contributed by atoms with Crippen molar-refractivity contribution in [3.05, 3.63) is 70.8 Å². The summed E-state index contributed by atoms with van der Waals surface area (Å²) in [5.74, 6) is -1.49. The molecule has 2 aromatic carbocycles. The van der Waals surface area contributed by atoms with Gasteiger partial charge in [-0.15, -0.1) is 0 Å². The second-order valence-electron chi connectivity index (χ2n) is 6.00. The second kappa shape index (κ2) is 9.94. The van der Waals surface area contributed by atoms with Crippen LogP contribution >= 0.6 is 23.4 Å². The Morgan fingerprint density at radius 3 is 2.44 bits per heavy atom. The molecule has 32 heavy (non-hydrogen) atoms. The van der Waals surface area contributed by atoms with Crippen molar-refractivity contribution in [3.8, 4) is 0 Å². The van der Waals surface area contributed by atoms with Gasteiger partial charge in [0.05, 0.1) is 17.7 Å². The lowest BCUT2D eigenvalue weighted by molar-refractivity contribution is -0.137. The molecule has 0 saturated carbocycles. The minimum absolute atomic E-state index is 0.130. The van der Waals surface area contributed by atoms with Crippen LogP contribution in [0.2, 0.25) is 5.02 Å². The van der Waals surface area contributed by atoms with E-state index in [0.717, 1.165) is 17.8 Å². The lowest BCUT2D eigenvalue weighted by atomic mass is 10.1. The molecule has 0 bridgehead atoms. The van der Waals surface area contributed by atoms with Crippen molar-refractivity contribution >= 4 is 40.9 Å². The van der Waals surface area contributed by atoms with Gasteiger partial charge in [0.25, 0.3) is 5.91 Å². The summed E-state index contributed by atoms with van der Waals surface area (Å²) in [7, 11) is 1.28. The average Bonchev–Trinajstić information content (AvgIpc) is 2.75. The van der Waals surface area contributed by atoms with E-state index >= 15 is 0 Å². The summed E-state index contributed by atoms with van der Waals surface area (Å²) in [6.45, 7) is 0. The molecule has 166 valence electrons. The van der Waals surface area contributed by atoms with Crippen molar-refractivity contribution in [1.82, 2.24) is 20.4 Å². The highest BCUT2D eigenvalue weighted by Gasteiger charge is 2.33. The number of rotatable bonds is 6. The van der Waals surface area contributed by atoms with Gasteiger partial charge in [-0.1, -0.05) is 11.6 Å². The van der Waals surface area contributed by atoms with Crippen LogP contribution in [0.1, 0.15) is 26.5 Å². The first-order valence-corrected chi connectivity index (χ1v) is 9.85. The number of anilines is 1. The largest absolute Gasteiger partial charge is 0.417 e. The van der Waals surface area contributed by atoms with Gasteiger partial charge in [0, 0.05) is 16.1 Å². The first-order chi connectivity index (χ1) is 15.2. The molecule has 3 rings (SSSR count). The molecular formula is C19H13ClF3N5O3S. The molecule has 0 aliphatic carbocycles. The lowest BCUT2D eigenvalue weighted by Gasteiger charge is -2.11. The van der Waals surface area contributed by atoms with Gasteiger partial charge in [0.1, 0.15) is 6.33 Å². The highest BCUT2D eigenvalue weighted by atomic mass is 35.5. The first kappa shape index (κ1) is 23.4. The summed E-state index contributed by atoms with van der Waals surface area (Å²) in [5.41, 5.74) is 1.18. The van der Waals surface area contributed by atoms with Crippen LogP contribution in [0, 0.1) is 0 Å². The normalized spacial score (nSPS) is 11.2. The minimum Gasteiger partial charge on any atom is -0.322 e. The maximum Gasteiger partial charge on any atom is 0.417 e. The summed E-state index contributed by atoms with van der Waals surface area (Å²) >= 11 is 6.71. The second-order valence-corrected chi connectivity index (χ2v) is 7.45. The van der Waals surface area contributed by atoms with Crippen molar-refractivity contribution in [2.45, 2.75) is 16.2 Å². The molecule has 13 heteroatoms. The number of benzene rings is 2. The lowest BCUT2D eigenvalue weighted by Crippen LogP contribution is -2.24. The van der Waals surface area contributed by atoms with Crippen LogP contribution in [-0.2, 0) is 11.0 Å². The van der Waals surface area contributed by atoms with E-state index in [9.17, 15) is 22.8 Å². The van der Waals surface area contributed by atoms with E-state index < -0.39 is 28.6 Å². The monoisotopic (exact) mass is 483 g/mol. The molecular weight excluding hydrogens is 471 g/mol. The smallest absolute Gasteiger partial charge is 0.322 e. The van der Waals surface area contributed by atoms with Crippen LogP contribution in [0.25, 0.3) is 0 Å². The van der Waals surface area contributed by atoms with Crippen molar-refractivity contribution in [1.29, 1.82) is 0 Å². The number of hydroxylamine groups is 1. The van der Waals surface area contributed by atoms with Crippen LogP contribution in [-0.4, -0.2) is 33.9 Å². The summed E-state index contributed by atoms with van der Waals surface area (Å²) in [5, 5.41) is 2.28. The Bertz CT molecular complexity index is 1150. The van der Waals surface area contributed by atoms with Crippen LogP contribution in [0.5, 0.6) is 0 Å². The molecule has 2 amide bonds. The Morgan fingerprint density at radius 1 is 1.06 bits per heavy atom. The van der Waals surface area contributed by atoms with Crippen molar-refractivity contribution in [2.75, 3.05) is 12.4 Å². The number of nitrogens with one attached hydrogen (secondary N) is 2. The van der Waals surface area contributed by atoms with E-state index in [1.807, 2.05) is 0 Å². The fourth-order valence-electron chi connectivity index (χ4n) is 2.38. The Morgan fingerprint density at radius 2 is 1.78 bits per heavy atom. The number of halogens is 4. The van der Waals surface area contributed by atoms with Gasteiger partial charge in [0.15, 0.2) is 5.16 Å². The van der Waals surface area contributed by atoms with Crippen LogP contribution in [0.4, 0.5) is 18.9 Å². The predicted molar refractivity (Wildman–Crippen MR) is 109 cm³/mol. The highest BCUT2D eigenvalue weighted by Crippen LogP contribution is 2.35. The molecule has 1 heterocycles. The molecule has 2 N–H and O–H groups in total. The van der Waals surface area contributed by atoms with Crippen molar-refractivity contribution in [2.24, 2.45) is 0 Å². The quantitative estimate of drug-likeness (QED) is 0.505. The maximum atomic E-state index is 13.0. The standard InChI is InChI=1S/C19H13ClF3N5O3S/c1-31-28-17(30)15-24-9-25-18(27-15)32-12-5-3-11(4-6-12)26-16(29)10-2-7-14(20)13(8-10)19(21,22)23/h2-9H,1H3,(H,26,29)(H,28,30). The predicted octanol–water partition coefficient (Wildman–Crippen LogP) is 4.24. The summed E-state index contributed by atoms with van der Waals surface area (Å²) in [6.07, 6.45) is -3.50. The van der Waals surface area contributed by atoms with Crippen molar-refractivity contribution < 1.29 is 27.6 Å². The number of alkyl halides is 3. The molecule has 0 atom stereocenters. The van der Waals surface area contributed by atoms with Crippen LogP contribution < -0.4 is 10.8 Å². The number of amides is 2. The van der Waals surface area contributed by atoms with Gasteiger partial charge >= 0.3 is 12.1 Å². The molecule has 0 unspecified atom stereocenters. The van der Waals surface area contributed by atoms with E-state index in [4.69, 9.17) is 11.6 Å². The van der Waals surface area contributed by atoms with Gasteiger partial charge in [-0.3, -0.25) is 14.4 Å². The van der Waals surface area contributed by atoms with Gasteiger partial charge < -0.3 is 5.32 Å². The summed E-state index contributed by atoms with van der Waals surface area (Å²) < 4.78 is 39.0. The molecule has 0 fully saturated rings. The van der Waals surface area contributed by atoms with E-state index in [2.05, 4.69) is 30.6 Å². The van der Waals surface area contributed by atoms with Gasteiger partial charge in [0.2, 0.25) is 5.82 Å². The Kier molecular flexibility index (Phi) is 7.28. The average molecular weight is 484 g/mol. The molecule has 8 nitrogen and oxygen atoms in total. The zero-order valence-electron chi connectivity index (χ0n) is 16.1. The van der Waals surface area contributed by atoms with Gasteiger partial charge in [-0.2, -0.15) is 18.2 Å². The van der Waals surface area contributed by atoms with Gasteiger partial charge in [-0.05, 0) is 54.2 Å². The van der Waals surface area contributed by atoms with Crippen LogP contribution in [0.3, 0.4) is 0 Å². The zero-order chi connectivity index (χ0) is 23.3. The number of carbonyl (C=O) groups excluding carboxylic acids is 2. The third-order valence-corrected chi connectivity index (χ3v) is 5.02. The van der Waals surface area contributed by atoms with E-state index in [-0.39, 0.29) is 16.5 Å². The topological polar surface area (TPSA) is 106 Å². The molecule has 0 aliphatic rings. The SMILES string of the molecule is CONC(=O)c1ncnc(Sc2ccc(NC(=O)c3ccc(Cl)c(C(F)(F)F)c3)cc2)n1. The maximum absolute atomic E-state index is 13.0. The number of hydrogen-bond donors (Lipinski definition) is 2. The van der Waals surface area contributed by atoms with Gasteiger partial charge in [-0.25, -0.2) is 15.4 Å². The molecule has 3 aromatic rings. The minimum atomic E-state index is -4.68.